The lowest BCUT2D eigenvalue weighted by Gasteiger charge is -2.09. The number of fused-ring (bicyclic) bond motifs is 1. The van der Waals surface area contributed by atoms with Crippen LogP contribution in [0.25, 0.3) is 10.9 Å². The molecule has 2 aromatic heterocycles. The molecule has 0 radical (unpaired) electrons. The molecule has 3 aromatic rings. The molecule has 0 saturated heterocycles. The maximum Gasteiger partial charge on any atom is 0.251 e. The molecule has 0 unspecified atom stereocenters. The van der Waals surface area contributed by atoms with Gasteiger partial charge in [-0.3, -0.25) is 9.78 Å². The molecular weight excluding hydrogens is 262 g/mol. The van der Waals surface area contributed by atoms with Crippen LogP contribution in [0.3, 0.4) is 0 Å². The second kappa shape index (κ2) is 4.82. The molecule has 1 aromatic carbocycles. The molecule has 0 spiro atoms. The number of hydrogen-bond donors (Lipinski definition) is 0. The van der Waals surface area contributed by atoms with Gasteiger partial charge in [-0.25, -0.2) is 4.98 Å². The van der Waals surface area contributed by atoms with Gasteiger partial charge in [0.15, 0.2) is 0 Å². The highest BCUT2D eigenvalue weighted by Crippen LogP contribution is 2.12. The van der Waals surface area contributed by atoms with Crippen molar-refractivity contribution in [3.8, 4) is 0 Å². The summed E-state index contributed by atoms with van der Waals surface area (Å²) in [6.07, 6.45) is 3.06. The number of pyridine rings is 1. The Bertz CT molecular complexity index is 781. The predicted octanol–water partition coefficient (Wildman–Crippen LogP) is 2.49. The Morgan fingerprint density at radius 1 is 1.05 bits per heavy atom. The average Bonchev–Trinajstić information content (AvgIpc) is 2.44. The van der Waals surface area contributed by atoms with E-state index in [4.69, 9.17) is 11.6 Å². The van der Waals surface area contributed by atoms with Gasteiger partial charge in [0.05, 0.1) is 30.1 Å². The minimum atomic E-state index is -0.0598. The molecule has 5 heteroatoms. The highest BCUT2D eigenvalue weighted by Gasteiger charge is 2.04. The molecule has 2 heterocycles. The third-order valence-corrected chi connectivity index (χ3v) is 3.09. The molecule has 0 aliphatic carbocycles. The van der Waals surface area contributed by atoms with Crippen LogP contribution >= 0.6 is 11.6 Å². The van der Waals surface area contributed by atoms with Gasteiger partial charge >= 0.3 is 0 Å². The van der Waals surface area contributed by atoms with E-state index in [1.54, 1.807) is 16.8 Å². The second-order valence-electron chi connectivity index (χ2n) is 4.15. The van der Waals surface area contributed by atoms with E-state index in [0.29, 0.717) is 17.4 Å². The first-order valence-corrected chi connectivity index (χ1v) is 6.17. The van der Waals surface area contributed by atoms with Gasteiger partial charge in [-0.2, -0.15) is 0 Å². The zero-order valence-corrected chi connectivity index (χ0v) is 10.7. The van der Waals surface area contributed by atoms with Crippen LogP contribution in [-0.2, 0) is 6.54 Å². The Labute approximate surface area is 114 Å². The molecule has 0 saturated carbocycles. The number of para-hydroxylation sites is 1. The Morgan fingerprint density at radius 2 is 1.89 bits per heavy atom. The van der Waals surface area contributed by atoms with E-state index in [-0.39, 0.29) is 5.56 Å². The minimum absolute atomic E-state index is 0.0598. The molecule has 4 nitrogen and oxygen atoms in total. The zero-order valence-electron chi connectivity index (χ0n) is 9.95. The zero-order chi connectivity index (χ0) is 13.2. The summed E-state index contributed by atoms with van der Waals surface area (Å²) < 4.78 is 1.67. The van der Waals surface area contributed by atoms with Crippen LogP contribution < -0.4 is 5.56 Å². The Balaban J connectivity index is 2.12. The van der Waals surface area contributed by atoms with E-state index in [0.717, 1.165) is 10.9 Å². The highest BCUT2D eigenvalue weighted by molar-refractivity contribution is 6.29. The molecule has 0 N–H and O–H groups in total. The first kappa shape index (κ1) is 11.9. The molecule has 0 amide bonds. The first-order valence-electron chi connectivity index (χ1n) is 5.79. The smallest absolute Gasteiger partial charge is 0.251 e. The van der Waals surface area contributed by atoms with Crippen molar-refractivity contribution in [1.29, 1.82) is 0 Å². The van der Waals surface area contributed by atoms with Crippen molar-refractivity contribution in [3.05, 3.63) is 70.0 Å². The Morgan fingerprint density at radius 3 is 2.68 bits per heavy atom. The van der Waals surface area contributed by atoms with Crippen LogP contribution in [-0.4, -0.2) is 14.5 Å². The molecule has 0 aliphatic heterocycles. The summed E-state index contributed by atoms with van der Waals surface area (Å²) >= 11 is 5.70. The van der Waals surface area contributed by atoms with E-state index in [9.17, 15) is 4.79 Å². The van der Waals surface area contributed by atoms with Gasteiger partial charge in [0, 0.05) is 6.07 Å². The molecule has 3 rings (SSSR count). The summed E-state index contributed by atoms with van der Waals surface area (Å²) in [6, 6.07) is 11.1. The van der Waals surface area contributed by atoms with E-state index < -0.39 is 0 Å². The molecule has 0 atom stereocenters. The van der Waals surface area contributed by atoms with Gasteiger partial charge in [0.2, 0.25) is 0 Å². The van der Waals surface area contributed by atoms with Gasteiger partial charge in [-0.05, 0) is 17.5 Å². The van der Waals surface area contributed by atoms with Crippen molar-refractivity contribution >= 4 is 22.5 Å². The predicted molar refractivity (Wildman–Crippen MR) is 74.4 cm³/mol. The summed E-state index contributed by atoms with van der Waals surface area (Å²) in [4.78, 5) is 20.1. The van der Waals surface area contributed by atoms with Crippen LogP contribution in [0, 0.1) is 0 Å². The lowest BCUT2D eigenvalue weighted by atomic mass is 10.2. The normalized spacial score (nSPS) is 10.8. The van der Waals surface area contributed by atoms with Gasteiger partial charge in [-0.1, -0.05) is 29.8 Å². The Kier molecular flexibility index (Phi) is 3.01. The van der Waals surface area contributed by atoms with Crippen LogP contribution in [0.1, 0.15) is 5.69 Å². The molecule has 0 bridgehead atoms. The van der Waals surface area contributed by atoms with Crippen molar-refractivity contribution in [2.24, 2.45) is 0 Å². The summed E-state index contributed by atoms with van der Waals surface area (Å²) in [6.45, 7) is 0.379. The number of hydrogen-bond acceptors (Lipinski definition) is 3. The van der Waals surface area contributed by atoms with E-state index in [2.05, 4.69) is 9.97 Å². The highest BCUT2D eigenvalue weighted by atomic mass is 35.5. The third-order valence-electron chi connectivity index (χ3n) is 2.89. The minimum Gasteiger partial charge on any atom is -0.302 e. The lowest BCUT2D eigenvalue weighted by molar-refractivity contribution is 0.765. The summed E-state index contributed by atoms with van der Waals surface area (Å²) in [5.41, 5.74) is 1.52. The lowest BCUT2D eigenvalue weighted by Crippen LogP contribution is -2.20. The van der Waals surface area contributed by atoms with E-state index in [1.165, 1.54) is 6.20 Å². The monoisotopic (exact) mass is 271 g/mol. The van der Waals surface area contributed by atoms with Gasteiger partial charge in [0.25, 0.3) is 5.56 Å². The maximum absolute atomic E-state index is 12.0. The van der Waals surface area contributed by atoms with Crippen molar-refractivity contribution < 1.29 is 0 Å². The number of nitrogens with zero attached hydrogens (tertiary/aromatic N) is 3. The third kappa shape index (κ3) is 2.35. The fraction of sp³-hybridized carbons (Fsp3) is 0.0714. The Hall–Kier alpha value is -2.20. The summed E-state index contributed by atoms with van der Waals surface area (Å²) in [5, 5.41) is 1.36. The van der Waals surface area contributed by atoms with Crippen molar-refractivity contribution in [2.45, 2.75) is 6.54 Å². The van der Waals surface area contributed by atoms with Gasteiger partial charge in [0.1, 0.15) is 5.15 Å². The van der Waals surface area contributed by atoms with Crippen LogP contribution in [0.2, 0.25) is 5.15 Å². The van der Waals surface area contributed by atoms with Crippen LogP contribution in [0.15, 0.2) is 53.6 Å². The topological polar surface area (TPSA) is 47.8 Å². The molecule has 19 heavy (non-hydrogen) atoms. The SMILES string of the molecule is O=c1ccc2ccccc2n1Cc1cnc(Cl)cn1. The largest absolute Gasteiger partial charge is 0.302 e. The van der Waals surface area contributed by atoms with Gasteiger partial charge < -0.3 is 4.57 Å². The fourth-order valence-electron chi connectivity index (χ4n) is 1.99. The quantitative estimate of drug-likeness (QED) is 0.719. The van der Waals surface area contributed by atoms with Crippen LogP contribution in [0.5, 0.6) is 0 Å². The summed E-state index contributed by atoms with van der Waals surface area (Å²) in [7, 11) is 0. The van der Waals surface area contributed by atoms with E-state index in [1.807, 2.05) is 30.3 Å². The average molecular weight is 272 g/mol. The van der Waals surface area contributed by atoms with Crippen molar-refractivity contribution in [1.82, 2.24) is 14.5 Å². The fourth-order valence-corrected chi connectivity index (χ4v) is 2.09. The number of rotatable bonds is 2. The number of benzene rings is 1. The number of halogens is 1. The maximum atomic E-state index is 12.0. The second-order valence-corrected chi connectivity index (χ2v) is 4.53. The van der Waals surface area contributed by atoms with Crippen LogP contribution in [0.4, 0.5) is 0 Å². The van der Waals surface area contributed by atoms with E-state index >= 15 is 0 Å². The van der Waals surface area contributed by atoms with Gasteiger partial charge in [-0.15, -0.1) is 0 Å². The summed E-state index contributed by atoms with van der Waals surface area (Å²) in [5.74, 6) is 0. The molecule has 0 fully saturated rings. The van der Waals surface area contributed by atoms with Crippen molar-refractivity contribution in [3.63, 3.8) is 0 Å². The standard InChI is InChI=1S/C14H10ClN3O/c15-13-8-16-11(7-17-13)9-18-12-4-2-1-3-10(12)5-6-14(18)19/h1-8H,9H2. The molecule has 94 valence electrons. The molecular formula is C14H10ClN3O. The van der Waals surface area contributed by atoms with Crippen molar-refractivity contribution in [2.75, 3.05) is 0 Å². The first-order chi connectivity index (χ1) is 9.24. The molecule has 0 aliphatic rings. The number of aromatic nitrogens is 3.